The largest absolute Gasteiger partial charge is 0.478 e. The van der Waals surface area contributed by atoms with Crippen molar-refractivity contribution < 1.29 is 14.6 Å². The number of aromatic carboxylic acids is 1. The number of aromatic nitrogens is 2. The summed E-state index contributed by atoms with van der Waals surface area (Å²) >= 11 is 0. The quantitative estimate of drug-likeness (QED) is 0.922. The number of carboxylic acid groups (broad SMARTS) is 1. The Morgan fingerprint density at radius 1 is 1.45 bits per heavy atom. The Morgan fingerprint density at radius 2 is 2.20 bits per heavy atom. The van der Waals surface area contributed by atoms with Crippen LogP contribution in [0.3, 0.4) is 0 Å². The summed E-state index contributed by atoms with van der Waals surface area (Å²) in [6, 6.07) is 4.75. The van der Waals surface area contributed by atoms with Crippen LogP contribution in [0.25, 0.3) is 0 Å². The molecule has 0 amide bonds. The third-order valence-corrected chi connectivity index (χ3v) is 2.86. The van der Waals surface area contributed by atoms with Crippen LogP contribution in [0.5, 0.6) is 11.6 Å². The van der Waals surface area contributed by atoms with E-state index in [1.807, 2.05) is 6.92 Å². The van der Waals surface area contributed by atoms with E-state index in [1.165, 1.54) is 16.8 Å². The molecule has 6 heteroatoms. The molecule has 0 atom stereocenters. The molecule has 1 heterocycles. The van der Waals surface area contributed by atoms with E-state index in [1.54, 1.807) is 25.3 Å². The van der Waals surface area contributed by atoms with E-state index in [4.69, 9.17) is 9.84 Å². The number of para-hydroxylation sites is 1. The highest BCUT2D eigenvalue weighted by Crippen LogP contribution is 2.26. The summed E-state index contributed by atoms with van der Waals surface area (Å²) in [4.78, 5) is 27.1. The number of carboxylic acids is 1. The van der Waals surface area contributed by atoms with E-state index >= 15 is 0 Å². The van der Waals surface area contributed by atoms with E-state index in [0.29, 0.717) is 12.1 Å². The summed E-state index contributed by atoms with van der Waals surface area (Å²) in [5.41, 5.74) is 0.227. The normalized spacial score (nSPS) is 10.3. The highest BCUT2D eigenvalue weighted by Gasteiger charge is 2.16. The maximum atomic E-state index is 12.0. The van der Waals surface area contributed by atoms with Gasteiger partial charge in [-0.05, 0) is 25.5 Å². The van der Waals surface area contributed by atoms with Crippen molar-refractivity contribution >= 4 is 5.97 Å². The Labute approximate surface area is 115 Å². The lowest BCUT2D eigenvalue weighted by Gasteiger charge is -2.11. The summed E-state index contributed by atoms with van der Waals surface area (Å²) in [6.45, 7) is 4.02. The second-order valence-corrected chi connectivity index (χ2v) is 4.18. The van der Waals surface area contributed by atoms with E-state index in [0.717, 1.165) is 0 Å². The van der Waals surface area contributed by atoms with Crippen molar-refractivity contribution in [1.82, 2.24) is 9.55 Å². The van der Waals surface area contributed by atoms with Crippen LogP contribution in [0.1, 0.15) is 22.8 Å². The van der Waals surface area contributed by atoms with Crippen LogP contribution in [-0.2, 0) is 6.54 Å². The van der Waals surface area contributed by atoms with Gasteiger partial charge in [-0.25, -0.2) is 9.78 Å². The van der Waals surface area contributed by atoms with Gasteiger partial charge in [0.15, 0.2) is 0 Å². The van der Waals surface area contributed by atoms with E-state index in [-0.39, 0.29) is 17.2 Å². The molecule has 0 saturated carbocycles. The maximum Gasteiger partial charge on any atom is 0.339 e. The van der Waals surface area contributed by atoms with Gasteiger partial charge in [-0.1, -0.05) is 12.1 Å². The maximum absolute atomic E-state index is 12.0. The molecule has 20 heavy (non-hydrogen) atoms. The van der Waals surface area contributed by atoms with Crippen LogP contribution in [0.4, 0.5) is 0 Å². The topological polar surface area (TPSA) is 81.4 Å². The van der Waals surface area contributed by atoms with Gasteiger partial charge in [-0.15, -0.1) is 0 Å². The summed E-state index contributed by atoms with van der Waals surface area (Å²) in [5.74, 6) is -1.11. The molecular formula is C14H14N2O4. The standard InChI is InChI=1S/C14H14N2O4/c1-3-16-8-7-15-12(13(16)17)20-11-9(2)5-4-6-10(11)14(18)19/h4-8H,3H2,1-2H3,(H,18,19). The highest BCUT2D eigenvalue weighted by molar-refractivity contribution is 5.91. The first kappa shape index (κ1) is 13.8. The highest BCUT2D eigenvalue weighted by atomic mass is 16.5. The van der Waals surface area contributed by atoms with Gasteiger partial charge in [-0.2, -0.15) is 0 Å². The van der Waals surface area contributed by atoms with Crippen LogP contribution < -0.4 is 10.3 Å². The molecule has 0 bridgehead atoms. The van der Waals surface area contributed by atoms with E-state index < -0.39 is 11.5 Å². The molecule has 0 aliphatic heterocycles. The minimum Gasteiger partial charge on any atom is -0.478 e. The number of benzene rings is 1. The van der Waals surface area contributed by atoms with Crippen molar-refractivity contribution in [3.63, 3.8) is 0 Å². The van der Waals surface area contributed by atoms with Crippen molar-refractivity contribution in [3.8, 4) is 11.6 Å². The predicted octanol–water partition coefficient (Wildman–Crippen LogP) is 2.06. The van der Waals surface area contributed by atoms with Crippen LogP contribution in [-0.4, -0.2) is 20.6 Å². The van der Waals surface area contributed by atoms with Gasteiger partial charge >= 0.3 is 11.5 Å². The lowest BCUT2D eigenvalue weighted by molar-refractivity contribution is 0.0694. The number of rotatable bonds is 4. The van der Waals surface area contributed by atoms with Crippen LogP contribution in [0.15, 0.2) is 35.4 Å². The number of nitrogens with zero attached hydrogens (tertiary/aromatic N) is 2. The fraction of sp³-hybridized carbons (Fsp3) is 0.214. The molecule has 0 saturated heterocycles. The molecule has 104 valence electrons. The first-order valence-electron chi connectivity index (χ1n) is 6.10. The molecule has 0 fully saturated rings. The second-order valence-electron chi connectivity index (χ2n) is 4.18. The second kappa shape index (κ2) is 5.56. The minimum atomic E-state index is -1.12. The average molecular weight is 274 g/mol. The number of ether oxygens (including phenoxy) is 1. The molecule has 0 radical (unpaired) electrons. The molecule has 0 spiro atoms. The van der Waals surface area contributed by atoms with Gasteiger partial charge in [0.1, 0.15) is 11.3 Å². The van der Waals surface area contributed by atoms with Crippen LogP contribution in [0, 0.1) is 6.92 Å². The Balaban J connectivity index is 2.51. The number of hydrogen-bond acceptors (Lipinski definition) is 4. The molecule has 2 rings (SSSR count). The Kier molecular flexibility index (Phi) is 3.84. The molecule has 1 aromatic heterocycles. The Bertz CT molecular complexity index is 707. The number of hydrogen-bond donors (Lipinski definition) is 1. The van der Waals surface area contributed by atoms with E-state index in [2.05, 4.69) is 4.98 Å². The van der Waals surface area contributed by atoms with Gasteiger partial charge in [-0.3, -0.25) is 4.79 Å². The molecular weight excluding hydrogens is 260 g/mol. The zero-order valence-electron chi connectivity index (χ0n) is 11.2. The smallest absolute Gasteiger partial charge is 0.339 e. The molecule has 2 aromatic rings. The summed E-state index contributed by atoms with van der Waals surface area (Å²) < 4.78 is 6.88. The fourth-order valence-electron chi connectivity index (χ4n) is 1.80. The minimum absolute atomic E-state index is 0.00176. The average Bonchev–Trinajstić information content (AvgIpc) is 2.42. The zero-order chi connectivity index (χ0) is 14.7. The third kappa shape index (κ3) is 2.54. The number of carbonyl (C=O) groups is 1. The van der Waals surface area contributed by atoms with Gasteiger partial charge in [0, 0.05) is 18.9 Å². The van der Waals surface area contributed by atoms with Crippen LogP contribution in [0.2, 0.25) is 0 Å². The van der Waals surface area contributed by atoms with Gasteiger partial charge in [0.2, 0.25) is 0 Å². The lowest BCUT2D eigenvalue weighted by Crippen LogP contribution is -2.21. The predicted molar refractivity (Wildman–Crippen MR) is 72.4 cm³/mol. The molecule has 6 nitrogen and oxygen atoms in total. The molecule has 1 N–H and O–H groups in total. The number of aryl methyl sites for hydroxylation is 2. The van der Waals surface area contributed by atoms with Gasteiger partial charge in [0.25, 0.3) is 5.88 Å². The van der Waals surface area contributed by atoms with Crippen molar-refractivity contribution in [1.29, 1.82) is 0 Å². The van der Waals surface area contributed by atoms with Crippen molar-refractivity contribution in [2.24, 2.45) is 0 Å². The van der Waals surface area contributed by atoms with Gasteiger partial charge < -0.3 is 14.4 Å². The summed E-state index contributed by atoms with van der Waals surface area (Å²) in [6.07, 6.45) is 2.99. The van der Waals surface area contributed by atoms with E-state index in [9.17, 15) is 9.59 Å². The lowest BCUT2D eigenvalue weighted by atomic mass is 10.1. The third-order valence-electron chi connectivity index (χ3n) is 2.86. The Hall–Kier alpha value is -2.63. The van der Waals surface area contributed by atoms with Crippen molar-refractivity contribution in [2.45, 2.75) is 20.4 Å². The molecule has 0 unspecified atom stereocenters. The molecule has 1 aromatic carbocycles. The monoisotopic (exact) mass is 274 g/mol. The van der Waals surface area contributed by atoms with Crippen LogP contribution >= 0.6 is 0 Å². The molecule has 0 aliphatic rings. The summed E-state index contributed by atoms with van der Waals surface area (Å²) in [5, 5.41) is 9.15. The zero-order valence-corrected chi connectivity index (χ0v) is 11.2. The Morgan fingerprint density at radius 3 is 2.85 bits per heavy atom. The first-order chi connectivity index (χ1) is 9.54. The van der Waals surface area contributed by atoms with Crippen molar-refractivity contribution in [2.75, 3.05) is 0 Å². The summed E-state index contributed by atoms with van der Waals surface area (Å²) in [7, 11) is 0. The SMILES string of the molecule is CCn1ccnc(Oc2c(C)cccc2C(=O)O)c1=O. The fourth-order valence-corrected chi connectivity index (χ4v) is 1.80. The van der Waals surface area contributed by atoms with Crippen molar-refractivity contribution in [3.05, 3.63) is 52.1 Å². The first-order valence-corrected chi connectivity index (χ1v) is 6.10. The molecule has 0 aliphatic carbocycles. The van der Waals surface area contributed by atoms with Gasteiger partial charge in [0.05, 0.1) is 0 Å².